The highest BCUT2D eigenvalue weighted by Crippen LogP contribution is 2.15. The Morgan fingerprint density at radius 3 is 3.00 bits per heavy atom. The van der Waals surface area contributed by atoms with Crippen LogP contribution in [-0.2, 0) is 11.3 Å². The largest absolute Gasteiger partial charge is 0.385 e. The molecular weight excluding hydrogens is 202 g/mol. The molecule has 1 rings (SSSR count). The molecule has 4 nitrogen and oxygen atoms in total. The number of nitrogens with one attached hydrogen (secondary N) is 1. The first-order valence-corrected chi connectivity index (χ1v) is 5.58. The Kier molecular flexibility index (Phi) is 5.82. The number of methoxy groups -OCH3 is 1. The smallest absolute Gasteiger partial charge is 0.132 e. The summed E-state index contributed by atoms with van der Waals surface area (Å²) in [5, 5.41) is 3.16. The molecule has 0 aliphatic rings. The maximum Gasteiger partial charge on any atom is 0.132 e. The number of hydrogen-bond acceptors (Lipinski definition) is 4. The van der Waals surface area contributed by atoms with Crippen molar-refractivity contribution in [2.45, 2.75) is 13.0 Å². The van der Waals surface area contributed by atoms with Gasteiger partial charge in [-0.25, -0.2) is 4.98 Å². The molecule has 1 N–H and O–H groups in total. The summed E-state index contributed by atoms with van der Waals surface area (Å²) in [7, 11) is 5.74. The van der Waals surface area contributed by atoms with Crippen molar-refractivity contribution in [2.24, 2.45) is 0 Å². The van der Waals surface area contributed by atoms with Crippen LogP contribution in [0.25, 0.3) is 0 Å². The van der Waals surface area contributed by atoms with E-state index in [1.54, 1.807) is 7.11 Å². The normalized spacial score (nSPS) is 10.4. The van der Waals surface area contributed by atoms with E-state index >= 15 is 0 Å². The first kappa shape index (κ1) is 12.9. The van der Waals surface area contributed by atoms with E-state index in [0.717, 1.165) is 31.9 Å². The molecule has 0 saturated carbocycles. The van der Waals surface area contributed by atoms with E-state index in [2.05, 4.69) is 28.3 Å². The predicted molar refractivity (Wildman–Crippen MR) is 66.8 cm³/mol. The number of anilines is 1. The highest BCUT2D eigenvalue weighted by molar-refractivity contribution is 5.45. The van der Waals surface area contributed by atoms with Crippen molar-refractivity contribution >= 4 is 5.82 Å². The second-order valence-corrected chi connectivity index (χ2v) is 3.78. The first-order valence-electron chi connectivity index (χ1n) is 5.58. The van der Waals surface area contributed by atoms with E-state index in [0.29, 0.717) is 0 Å². The lowest BCUT2D eigenvalue weighted by molar-refractivity contribution is 0.196. The van der Waals surface area contributed by atoms with Crippen LogP contribution < -0.4 is 10.2 Å². The summed E-state index contributed by atoms with van der Waals surface area (Å²) in [6.45, 7) is 2.60. The molecule has 0 unspecified atom stereocenters. The summed E-state index contributed by atoms with van der Waals surface area (Å²) in [6, 6.07) is 4.07. The van der Waals surface area contributed by atoms with Crippen molar-refractivity contribution in [3.63, 3.8) is 0 Å². The van der Waals surface area contributed by atoms with E-state index in [1.165, 1.54) is 5.56 Å². The van der Waals surface area contributed by atoms with Gasteiger partial charge in [-0.2, -0.15) is 0 Å². The van der Waals surface area contributed by atoms with Crippen LogP contribution in [-0.4, -0.2) is 39.3 Å². The third-order valence-electron chi connectivity index (χ3n) is 2.44. The summed E-state index contributed by atoms with van der Waals surface area (Å²) < 4.78 is 5.05. The molecule has 0 fully saturated rings. The minimum Gasteiger partial charge on any atom is -0.385 e. The Bertz CT molecular complexity index is 304. The lowest BCUT2D eigenvalue weighted by Gasteiger charge is -2.20. The molecule has 16 heavy (non-hydrogen) atoms. The van der Waals surface area contributed by atoms with Crippen LogP contribution in [0.3, 0.4) is 0 Å². The van der Waals surface area contributed by atoms with E-state index in [1.807, 2.05) is 19.3 Å². The maximum atomic E-state index is 5.05. The van der Waals surface area contributed by atoms with Crippen LogP contribution >= 0.6 is 0 Å². The molecular formula is C12H21N3O. The number of rotatable bonds is 7. The minimum absolute atomic E-state index is 0.790. The number of hydrogen-bond donors (Lipinski definition) is 1. The van der Waals surface area contributed by atoms with Crippen molar-refractivity contribution in [2.75, 3.05) is 39.3 Å². The summed E-state index contributed by atoms with van der Waals surface area (Å²) in [5.41, 5.74) is 1.23. The molecule has 1 heterocycles. The van der Waals surface area contributed by atoms with Crippen molar-refractivity contribution in [1.29, 1.82) is 0 Å². The average Bonchev–Trinajstić information content (AvgIpc) is 2.30. The van der Waals surface area contributed by atoms with Gasteiger partial charge in [0.1, 0.15) is 5.82 Å². The first-order chi connectivity index (χ1) is 7.79. The molecule has 1 aromatic heterocycles. The summed E-state index contributed by atoms with van der Waals surface area (Å²) in [6.07, 6.45) is 2.85. The molecule has 0 saturated heterocycles. The molecule has 0 aromatic carbocycles. The zero-order valence-electron chi connectivity index (χ0n) is 10.4. The van der Waals surface area contributed by atoms with Crippen LogP contribution in [0, 0.1) is 0 Å². The van der Waals surface area contributed by atoms with Gasteiger partial charge in [-0.1, -0.05) is 6.07 Å². The van der Waals surface area contributed by atoms with Crippen LogP contribution in [0.4, 0.5) is 5.82 Å². The van der Waals surface area contributed by atoms with Crippen LogP contribution in [0.5, 0.6) is 0 Å². The van der Waals surface area contributed by atoms with Gasteiger partial charge < -0.3 is 15.0 Å². The van der Waals surface area contributed by atoms with Gasteiger partial charge in [-0.05, 0) is 19.5 Å². The highest BCUT2D eigenvalue weighted by Gasteiger charge is 2.07. The molecule has 0 radical (unpaired) electrons. The lowest BCUT2D eigenvalue weighted by atomic mass is 10.2. The van der Waals surface area contributed by atoms with E-state index in [-0.39, 0.29) is 0 Å². The Balaban J connectivity index is 2.62. The molecule has 0 amide bonds. The highest BCUT2D eigenvalue weighted by atomic mass is 16.5. The molecule has 0 aliphatic heterocycles. The lowest BCUT2D eigenvalue weighted by Crippen LogP contribution is -2.23. The van der Waals surface area contributed by atoms with Gasteiger partial charge in [0.15, 0.2) is 0 Å². The molecule has 0 aliphatic carbocycles. The number of pyridine rings is 1. The standard InChI is InChI=1S/C12H21N3O/c1-13-10-11-6-4-7-14-12(11)15(2)8-5-9-16-3/h4,6-7,13H,5,8-10H2,1-3H3. The average molecular weight is 223 g/mol. The Morgan fingerprint density at radius 1 is 1.50 bits per heavy atom. The summed E-state index contributed by atoms with van der Waals surface area (Å²) in [5.74, 6) is 1.05. The number of aromatic nitrogens is 1. The van der Waals surface area contributed by atoms with Gasteiger partial charge >= 0.3 is 0 Å². The van der Waals surface area contributed by atoms with Crippen molar-refractivity contribution in [1.82, 2.24) is 10.3 Å². The molecule has 90 valence electrons. The van der Waals surface area contributed by atoms with E-state index < -0.39 is 0 Å². The molecule has 0 bridgehead atoms. The molecule has 0 spiro atoms. The monoisotopic (exact) mass is 223 g/mol. The zero-order valence-corrected chi connectivity index (χ0v) is 10.4. The van der Waals surface area contributed by atoms with Gasteiger partial charge in [0.25, 0.3) is 0 Å². The van der Waals surface area contributed by atoms with Gasteiger partial charge in [-0.3, -0.25) is 0 Å². The van der Waals surface area contributed by atoms with E-state index in [9.17, 15) is 0 Å². The van der Waals surface area contributed by atoms with Gasteiger partial charge in [-0.15, -0.1) is 0 Å². The third kappa shape index (κ3) is 3.79. The summed E-state index contributed by atoms with van der Waals surface area (Å²) in [4.78, 5) is 6.59. The molecule has 4 heteroatoms. The summed E-state index contributed by atoms with van der Waals surface area (Å²) >= 11 is 0. The van der Waals surface area contributed by atoms with Gasteiger partial charge in [0.2, 0.25) is 0 Å². The van der Waals surface area contributed by atoms with E-state index in [4.69, 9.17) is 4.74 Å². The second kappa shape index (κ2) is 7.19. The van der Waals surface area contributed by atoms with Crippen LogP contribution in [0.1, 0.15) is 12.0 Å². The maximum absolute atomic E-state index is 5.05. The fourth-order valence-corrected chi connectivity index (χ4v) is 1.65. The number of ether oxygens (including phenoxy) is 1. The Labute approximate surface area is 97.6 Å². The molecule has 0 atom stereocenters. The second-order valence-electron chi connectivity index (χ2n) is 3.78. The SMILES string of the molecule is CNCc1cccnc1N(C)CCCOC. The van der Waals surface area contributed by atoms with Crippen LogP contribution in [0.15, 0.2) is 18.3 Å². The fraction of sp³-hybridized carbons (Fsp3) is 0.583. The molecule has 1 aromatic rings. The van der Waals surface area contributed by atoms with Crippen molar-refractivity contribution in [3.05, 3.63) is 23.9 Å². The predicted octanol–water partition coefficient (Wildman–Crippen LogP) is 1.27. The van der Waals surface area contributed by atoms with Gasteiger partial charge in [0.05, 0.1) is 0 Å². The number of nitrogens with zero attached hydrogens (tertiary/aromatic N) is 2. The quantitative estimate of drug-likeness (QED) is 0.706. The van der Waals surface area contributed by atoms with Crippen molar-refractivity contribution in [3.8, 4) is 0 Å². The Morgan fingerprint density at radius 2 is 2.31 bits per heavy atom. The Hall–Kier alpha value is -1.13. The fourth-order valence-electron chi connectivity index (χ4n) is 1.65. The van der Waals surface area contributed by atoms with Gasteiger partial charge in [0, 0.05) is 45.6 Å². The van der Waals surface area contributed by atoms with Crippen LogP contribution in [0.2, 0.25) is 0 Å². The van der Waals surface area contributed by atoms with Crippen molar-refractivity contribution < 1.29 is 4.74 Å². The zero-order chi connectivity index (χ0) is 11.8. The topological polar surface area (TPSA) is 37.4 Å². The third-order valence-corrected chi connectivity index (χ3v) is 2.44. The minimum atomic E-state index is 0.790.